The molecule has 2 nitrogen and oxygen atoms in total. The standard InChI is InChI=1S/C17H16F3NOS2.H2/c18-17(19,20)24-10-5-6-13-12(9-10)16-11(3-1-7-22-16)15(21-13)14-4-2-8-23-14;/h2,4-6,8-9,11,15-16,21H,1,3,7H2;1H/t11-,15+,16-;/m0./s1. The third-order valence-corrected chi connectivity index (χ3v) is 6.20. The van der Waals surface area contributed by atoms with Crippen LogP contribution in [0.2, 0.25) is 0 Å². The number of nitrogens with one attached hydrogen (secondary N) is 1. The zero-order chi connectivity index (χ0) is 16.7. The van der Waals surface area contributed by atoms with Crippen LogP contribution < -0.4 is 5.32 Å². The lowest BCUT2D eigenvalue weighted by Crippen LogP contribution is -2.35. The molecule has 2 aliphatic heterocycles. The molecule has 0 saturated carbocycles. The van der Waals surface area contributed by atoms with E-state index in [1.807, 2.05) is 11.4 Å². The summed E-state index contributed by atoms with van der Waals surface area (Å²) in [5.41, 5.74) is -2.55. The van der Waals surface area contributed by atoms with Crippen molar-refractivity contribution in [1.29, 1.82) is 0 Å². The van der Waals surface area contributed by atoms with E-state index < -0.39 is 5.51 Å². The quantitative estimate of drug-likeness (QED) is 0.630. The molecule has 130 valence electrons. The van der Waals surface area contributed by atoms with E-state index in [0.717, 1.165) is 24.1 Å². The van der Waals surface area contributed by atoms with Gasteiger partial charge in [0.1, 0.15) is 0 Å². The Bertz CT molecular complexity index is 723. The summed E-state index contributed by atoms with van der Waals surface area (Å²) in [5.74, 6) is 0.246. The Morgan fingerprint density at radius 2 is 2.17 bits per heavy atom. The normalized spacial score (nSPS) is 26.4. The number of ether oxygens (including phenoxy) is 1. The van der Waals surface area contributed by atoms with Crippen LogP contribution in [0, 0.1) is 5.92 Å². The van der Waals surface area contributed by atoms with Gasteiger partial charge in [0.25, 0.3) is 0 Å². The number of alkyl halides is 3. The predicted molar refractivity (Wildman–Crippen MR) is 92.6 cm³/mol. The number of thiophene rings is 1. The third kappa shape index (κ3) is 3.17. The Kier molecular flexibility index (Phi) is 4.26. The van der Waals surface area contributed by atoms with E-state index in [-0.39, 0.29) is 36.1 Å². The van der Waals surface area contributed by atoms with E-state index in [1.165, 1.54) is 10.9 Å². The van der Waals surface area contributed by atoms with Gasteiger partial charge in [-0.15, -0.1) is 11.3 Å². The number of halogens is 3. The van der Waals surface area contributed by atoms with Gasteiger partial charge < -0.3 is 10.1 Å². The van der Waals surface area contributed by atoms with Gasteiger partial charge in [0.15, 0.2) is 0 Å². The largest absolute Gasteiger partial charge is 0.446 e. The van der Waals surface area contributed by atoms with E-state index in [4.69, 9.17) is 4.74 Å². The number of fused-ring (bicyclic) bond motifs is 3. The van der Waals surface area contributed by atoms with Gasteiger partial charge >= 0.3 is 5.51 Å². The van der Waals surface area contributed by atoms with Crippen molar-refractivity contribution in [3.05, 3.63) is 46.2 Å². The topological polar surface area (TPSA) is 21.3 Å². The van der Waals surface area contributed by atoms with Crippen molar-refractivity contribution in [2.75, 3.05) is 11.9 Å². The fourth-order valence-corrected chi connectivity index (χ4v) is 5.04. The highest BCUT2D eigenvalue weighted by atomic mass is 32.2. The molecule has 1 aromatic carbocycles. The highest BCUT2D eigenvalue weighted by Crippen LogP contribution is 2.51. The zero-order valence-corrected chi connectivity index (χ0v) is 14.3. The molecule has 7 heteroatoms. The lowest BCUT2D eigenvalue weighted by molar-refractivity contribution is -0.0381. The molecule has 1 N–H and O–H groups in total. The maximum absolute atomic E-state index is 12.7. The fraction of sp³-hybridized carbons (Fsp3) is 0.412. The second-order valence-electron chi connectivity index (χ2n) is 6.03. The minimum absolute atomic E-state index is 0. The molecule has 0 aliphatic carbocycles. The van der Waals surface area contributed by atoms with Crippen LogP contribution in [0.4, 0.5) is 18.9 Å². The van der Waals surface area contributed by atoms with E-state index in [0.29, 0.717) is 6.61 Å². The summed E-state index contributed by atoms with van der Waals surface area (Å²) in [6.45, 7) is 0.661. The van der Waals surface area contributed by atoms with Gasteiger partial charge in [-0.3, -0.25) is 0 Å². The van der Waals surface area contributed by atoms with Crippen molar-refractivity contribution in [3.8, 4) is 0 Å². The average Bonchev–Trinajstić information content (AvgIpc) is 3.07. The highest BCUT2D eigenvalue weighted by Gasteiger charge is 2.40. The van der Waals surface area contributed by atoms with Gasteiger partial charge in [-0.1, -0.05) is 6.07 Å². The maximum atomic E-state index is 12.7. The predicted octanol–water partition coefficient (Wildman–Crippen LogP) is 6.24. The molecule has 1 saturated heterocycles. The molecule has 1 aromatic heterocycles. The first kappa shape index (κ1) is 16.3. The van der Waals surface area contributed by atoms with Crippen LogP contribution >= 0.6 is 23.1 Å². The Hall–Kier alpha value is -1.18. The molecular formula is C17H18F3NOS2. The molecule has 1 fully saturated rings. The fourth-order valence-electron chi connectivity index (χ4n) is 3.60. The minimum atomic E-state index is -4.28. The van der Waals surface area contributed by atoms with Crippen LogP contribution in [-0.4, -0.2) is 12.1 Å². The summed E-state index contributed by atoms with van der Waals surface area (Å²) in [5, 5.41) is 5.58. The van der Waals surface area contributed by atoms with Crippen molar-refractivity contribution >= 4 is 28.8 Å². The molecule has 3 atom stereocenters. The first-order valence-electron chi connectivity index (χ1n) is 7.82. The molecule has 0 unspecified atom stereocenters. The lowest BCUT2D eigenvalue weighted by Gasteiger charge is -2.43. The number of benzene rings is 1. The Labute approximate surface area is 147 Å². The van der Waals surface area contributed by atoms with Gasteiger partial charge in [0, 0.05) is 35.0 Å². The van der Waals surface area contributed by atoms with Crippen molar-refractivity contribution in [2.45, 2.75) is 35.4 Å². The van der Waals surface area contributed by atoms with Crippen LogP contribution in [0.25, 0.3) is 0 Å². The maximum Gasteiger partial charge on any atom is 0.446 e. The highest BCUT2D eigenvalue weighted by molar-refractivity contribution is 8.00. The molecule has 2 aliphatic rings. The summed E-state index contributed by atoms with van der Waals surface area (Å²) < 4.78 is 44.0. The molecule has 0 radical (unpaired) electrons. The second-order valence-corrected chi connectivity index (χ2v) is 8.15. The zero-order valence-electron chi connectivity index (χ0n) is 12.7. The first-order chi connectivity index (χ1) is 11.5. The van der Waals surface area contributed by atoms with E-state index in [9.17, 15) is 13.2 Å². The monoisotopic (exact) mass is 373 g/mol. The molecule has 2 aromatic rings. The van der Waals surface area contributed by atoms with Crippen LogP contribution in [0.5, 0.6) is 0 Å². The molecule has 4 rings (SSSR count). The summed E-state index contributed by atoms with van der Waals surface area (Å²) in [7, 11) is 0. The summed E-state index contributed by atoms with van der Waals surface area (Å²) in [6, 6.07) is 9.19. The van der Waals surface area contributed by atoms with Crippen LogP contribution in [-0.2, 0) is 4.74 Å². The minimum Gasteiger partial charge on any atom is -0.377 e. The molecular weight excluding hydrogens is 355 g/mol. The molecule has 0 spiro atoms. The molecule has 0 bridgehead atoms. The van der Waals surface area contributed by atoms with Gasteiger partial charge in [0.05, 0.1) is 12.1 Å². The van der Waals surface area contributed by atoms with Crippen molar-refractivity contribution < 1.29 is 19.3 Å². The number of rotatable bonds is 2. The summed E-state index contributed by atoms with van der Waals surface area (Å²) in [6.07, 6.45) is 1.85. The Morgan fingerprint density at radius 1 is 1.29 bits per heavy atom. The van der Waals surface area contributed by atoms with Gasteiger partial charge in [-0.25, -0.2) is 0 Å². The molecule has 0 amide bonds. The van der Waals surface area contributed by atoms with Crippen LogP contribution in [0.1, 0.15) is 36.9 Å². The molecule has 3 heterocycles. The number of thioether (sulfide) groups is 1. The average molecular weight is 373 g/mol. The SMILES string of the molecule is FC(F)(F)Sc1ccc2c(c1)[C@H]1OCCC[C@H]1[C@H](c1cccs1)N2.[HH]. The van der Waals surface area contributed by atoms with Crippen LogP contribution in [0.3, 0.4) is 0 Å². The number of anilines is 1. The molecule has 24 heavy (non-hydrogen) atoms. The Balaban J connectivity index is 0.00000182. The lowest BCUT2D eigenvalue weighted by atomic mass is 9.79. The summed E-state index contributed by atoms with van der Waals surface area (Å²) in [4.78, 5) is 1.46. The first-order valence-corrected chi connectivity index (χ1v) is 9.52. The van der Waals surface area contributed by atoms with Gasteiger partial charge in [-0.2, -0.15) is 13.2 Å². The number of hydrogen-bond acceptors (Lipinski definition) is 4. The van der Waals surface area contributed by atoms with E-state index >= 15 is 0 Å². The second kappa shape index (κ2) is 6.28. The van der Waals surface area contributed by atoms with E-state index in [1.54, 1.807) is 23.5 Å². The van der Waals surface area contributed by atoms with Crippen molar-refractivity contribution in [2.24, 2.45) is 5.92 Å². The summed E-state index contributed by atoms with van der Waals surface area (Å²) >= 11 is 1.63. The van der Waals surface area contributed by atoms with Crippen LogP contribution in [0.15, 0.2) is 40.6 Å². The van der Waals surface area contributed by atoms with Gasteiger partial charge in [0.2, 0.25) is 0 Å². The Morgan fingerprint density at radius 3 is 2.92 bits per heavy atom. The van der Waals surface area contributed by atoms with Gasteiger partial charge in [-0.05, 0) is 54.2 Å². The van der Waals surface area contributed by atoms with Crippen molar-refractivity contribution in [1.82, 2.24) is 0 Å². The third-order valence-electron chi connectivity index (χ3n) is 4.52. The van der Waals surface area contributed by atoms with Crippen molar-refractivity contribution in [3.63, 3.8) is 0 Å². The van der Waals surface area contributed by atoms with E-state index in [2.05, 4.69) is 11.4 Å². The smallest absolute Gasteiger partial charge is 0.377 e. The number of hydrogen-bond donors (Lipinski definition) is 1.